The van der Waals surface area contributed by atoms with Crippen LogP contribution in [0.2, 0.25) is 0 Å². The van der Waals surface area contributed by atoms with Crippen molar-refractivity contribution in [2.24, 2.45) is 29.6 Å². The minimum Gasteiger partial charge on any atom is -0.469 e. The molecule has 2 bridgehead atoms. The van der Waals surface area contributed by atoms with Gasteiger partial charge in [-0.25, -0.2) is 0 Å². The summed E-state index contributed by atoms with van der Waals surface area (Å²) in [7, 11) is 1.33. The van der Waals surface area contributed by atoms with E-state index in [0.717, 1.165) is 0 Å². The van der Waals surface area contributed by atoms with Crippen LogP contribution in [-0.2, 0) is 28.6 Å². The minimum atomic E-state index is -0.576. The lowest BCUT2D eigenvalue weighted by molar-refractivity contribution is -0.168. The molecule has 0 radical (unpaired) electrons. The quantitative estimate of drug-likeness (QED) is 0.516. The van der Waals surface area contributed by atoms with E-state index in [4.69, 9.17) is 14.2 Å². The maximum atomic E-state index is 12.6. The average Bonchev–Trinajstić information content (AvgIpc) is 3.23. The molecule has 26 heavy (non-hydrogen) atoms. The molecule has 3 fully saturated rings. The van der Waals surface area contributed by atoms with Crippen molar-refractivity contribution in [3.05, 3.63) is 0 Å². The number of hydrogen-bond acceptors (Lipinski definition) is 7. The number of fused-ring (bicyclic) bond motifs is 5. The van der Waals surface area contributed by atoms with Gasteiger partial charge in [-0.15, -0.1) is 0 Å². The Labute approximate surface area is 154 Å². The lowest BCUT2D eigenvalue weighted by atomic mass is 9.73. The average molecular weight is 367 g/mol. The summed E-state index contributed by atoms with van der Waals surface area (Å²) >= 11 is 0. The van der Waals surface area contributed by atoms with E-state index < -0.39 is 18.0 Å². The summed E-state index contributed by atoms with van der Waals surface area (Å²) in [5.41, 5.74) is 0. The first-order valence-electron chi connectivity index (χ1n) is 9.46. The first-order chi connectivity index (χ1) is 12.3. The van der Waals surface area contributed by atoms with Gasteiger partial charge >= 0.3 is 17.9 Å². The Morgan fingerprint density at radius 2 is 1.81 bits per heavy atom. The van der Waals surface area contributed by atoms with Crippen LogP contribution < -0.4 is 0 Å². The number of ether oxygens (including phenoxy) is 3. The number of rotatable bonds is 6. The van der Waals surface area contributed by atoms with E-state index in [0.29, 0.717) is 13.0 Å². The molecular weight excluding hydrogens is 338 g/mol. The van der Waals surface area contributed by atoms with Gasteiger partial charge in [0.2, 0.25) is 0 Å². The fourth-order valence-corrected chi connectivity index (χ4v) is 5.23. The second kappa shape index (κ2) is 7.18. The largest absolute Gasteiger partial charge is 0.469 e. The number of methoxy groups -OCH3 is 1. The summed E-state index contributed by atoms with van der Waals surface area (Å²) in [6, 6.07) is 0.424. The van der Waals surface area contributed by atoms with Crippen molar-refractivity contribution in [2.75, 3.05) is 20.3 Å². The van der Waals surface area contributed by atoms with Crippen molar-refractivity contribution in [2.45, 2.75) is 52.3 Å². The first kappa shape index (κ1) is 19.1. The van der Waals surface area contributed by atoms with Gasteiger partial charge in [0.05, 0.1) is 32.1 Å². The lowest BCUT2D eigenvalue weighted by Crippen LogP contribution is -2.47. The molecule has 6 unspecified atom stereocenters. The van der Waals surface area contributed by atoms with Crippen LogP contribution in [0.4, 0.5) is 0 Å². The van der Waals surface area contributed by atoms with Crippen molar-refractivity contribution in [3.63, 3.8) is 0 Å². The molecule has 3 aliphatic rings. The molecule has 6 atom stereocenters. The molecule has 1 saturated heterocycles. The Kier molecular flexibility index (Phi) is 5.28. The highest BCUT2D eigenvalue weighted by atomic mass is 16.6. The van der Waals surface area contributed by atoms with Crippen molar-refractivity contribution in [1.29, 1.82) is 0 Å². The second-order valence-corrected chi connectivity index (χ2v) is 8.25. The number of carbonyl (C=O) groups is 3. The van der Waals surface area contributed by atoms with Crippen LogP contribution in [0.25, 0.3) is 0 Å². The van der Waals surface area contributed by atoms with Gasteiger partial charge in [-0.05, 0) is 40.0 Å². The monoisotopic (exact) mass is 367 g/mol. The second-order valence-electron chi connectivity index (χ2n) is 8.25. The Morgan fingerprint density at radius 1 is 1.15 bits per heavy atom. The van der Waals surface area contributed by atoms with Gasteiger partial charge in [-0.1, -0.05) is 0 Å². The van der Waals surface area contributed by atoms with E-state index in [1.54, 1.807) is 0 Å². The van der Waals surface area contributed by atoms with Crippen LogP contribution in [0.1, 0.15) is 34.1 Å². The highest BCUT2D eigenvalue weighted by molar-refractivity contribution is 5.81. The number of esters is 3. The normalized spacial score (nSPS) is 35.2. The third kappa shape index (κ3) is 3.10. The molecule has 7 heteroatoms. The molecule has 2 saturated carbocycles. The summed E-state index contributed by atoms with van der Waals surface area (Å²) in [5, 5.41) is 0. The van der Waals surface area contributed by atoms with Crippen LogP contribution in [0.15, 0.2) is 0 Å². The fraction of sp³-hybridized carbons (Fsp3) is 0.842. The highest BCUT2D eigenvalue weighted by Gasteiger charge is 2.66. The maximum Gasteiger partial charge on any atom is 0.320 e. The van der Waals surface area contributed by atoms with Gasteiger partial charge in [0, 0.05) is 23.9 Å². The lowest BCUT2D eigenvalue weighted by Gasteiger charge is -2.35. The van der Waals surface area contributed by atoms with Crippen LogP contribution in [0.3, 0.4) is 0 Å². The zero-order valence-electron chi connectivity index (χ0n) is 16.1. The Hall–Kier alpha value is -1.63. The molecule has 0 aromatic rings. The van der Waals surface area contributed by atoms with Crippen LogP contribution in [0.5, 0.6) is 0 Å². The molecule has 1 heterocycles. The fourth-order valence-electron chi connectivity index (χ4n) is 5.23. The zero-order valence-corrected chi connectivity index (χ0v) is 16.1. The predicted molar refractivity (Wildman–Crippen MR) is 91.9 cm³/mol. The summed E-state index contributed by atoms with van der Waals surface area (Å²) in [6.07, 6.45) is 0.178. The predicted octanol–water partition coefficient (Wildman–Crippen LogP) is 1.25. The molecule has 0 spiro atoms. The van der Waals surface area contributed by atoms with Crippen molar-refractivity contribution >= 4 is 17.9 Å². The van der Waals surface area contributed by atoms with Crippen molar-refractivity contribution < 1.29 is 28.6 Å². The van der Waals surface area contributed by atoms with Gasteiger partial charge in [0.25, 0.3) is 0 Å². The van der Waals surface area contributed by atoms with Crippen molar-refractivity contribution in [1.82, 2.24) is 4.90 Å². The van der Waals surface area contributed by atoms with E-state index >= 15 is 0 Å². The van der Waals surface area contributed by atoms with E-state index in [2.05, 4.69) is 0 Å². The standard InChI is InChI=1S/C19H29NO6/c1-9(2)20(10(3)4)7-14(21)26-17-11-6-12(16(17)18(22)24-5)15-13(11)8-25-19(15)23/h9-13,15-17H,6-8H2,1-5H3. The topological polar surface area (TPSA) is 82.1 Å². The first-order valence-corrected chi connectivity index (χ1v) is 9.46. The third-order valence-electron chi connectivity index (χ3n) is 6.32. The summed E-state index contributed by atoms with van der Waals surface area (Å²) in [5.74, 6) is -1.94. The summed E-state index contributed by atoms with van der Waals surface area (Å²) in [6.45, 7) is 8.68. The Balaban J connectivity index is 1.74. The van der Waals surface area contributed by atoms with Gasteiger partial charge in [-0.3, -0.25) is 19.3 Å². The van der Waals surface area contributed by atoms with E-state index in [1.165, 1.54) is 7.11 Å². The van der Waals surface area contributed by atoms with Crippen LogP contribution in [-0.4, -0.2) is 61.3 Å². The third-order valence-corrected chi connectivity index (χ3v) is 6.32. The van der Waals surface area contributed by atoms with Gasteiger partial charge in [-0.2, -0.15) is 0 Å². The molecule has 0 amide bonds. The Morgan fingerprint density at radius 3 is 2.38 bits per heavy atom. The SMILES string of the molecule is COC(=O)C1C2CC(C3COC(=O)C32)C1OC(=O)CN(C(C)C)C(C)C. The van der Waals surface area contributed by atoms with E-state index in [-0.39, 0.29) is 54.2 Å². The highest BCUT2D eigenvalue weighted by Crippen LogP contribution is 2.59. The minimum absolute atomic E-state index is 0.0175. The van der Waals surface area contributed by atoms with E-state index in [1.807, 2.05) is 32.6 Å². The van der Waals surface area contributed by atoms with Gasteiger partial charge < -0.3 is 14.2 Å². The van der Waals surface area contributed by atoms with Gasteiger partial charge in [0.1, 0.15) is 6.10 Å². The van der Waals surface area contributed by atoms with Crippen LogP contribution >= 0.6 is 0 Å². The molecule has 3 rings (SSSR count). The van der Waals surface area contributed by atoms with Crippen molar-refractivity contribution in [3.8, 4) is 0 Å². The number of cyclic esters (lactones) is 1. The molecule has 146 valence electrons. The van der Waals surface area contributed by atoms with E-state index in [9.17, 15) is 14.4 Å². The number of hydrogen-bond donors (Lipinski definition) is 0. The Bertz CT molecular complexity index is 581. The van der Waals surface area contributed by atoms with Crippen LogP contribution in [0, 0.1) is 29.6 Å². The summed E-state index contributed by atoms with van der Waals surface area (Å²) < 4.78 is 16.0. The molecule has 2 aliphatic carbocycles. The molecule has 0 aromatic heterocycles. The molecular formula is C19H29NO6. The molecule has 0 N–H and O–H groups in total. The molecule has 0 aromatic carbocycles. The molecule has 1 aliphatic heterocycles. The smallest absolute Gasteiger partial charge is 0.320 e. The summed E-state index contributed by atoms with van der Waals surface area (Å²) in [4.78, 5) is 39.0. The zero-order chi connectivity index (χ0) is 19.2. The maximum absolute atomic E-state index is 12.6. The number of carbonyl (C=O) groups excluding carboxylic acids is 3. The molecule has 7 nitrogen and oxygen atoms in total. The van der Waals surface area contributed by atoms with Gasteiger partial charge in [0.15, 0.2) is 0 Å². The number of nitrogens with zero attached hydrogens (tertiary/aromatic N) is 1.